The van der Waals surface area contributed by atoms with Crippen molar-refractivity contribution in [1.29, 1.82) is 0 Å². The van der Waals surface area contributed by atoms with Crippen LogP contribution in [0.2, 0.25) is 5.02 Å². The Morgan fingerprint density at radius 1 is 1.44 bits per heavy atom. The third-order valence-corrected chi connectivity index (χ3v) is 2.82. The molecule has 0 unspecified atom stereocenters. The van der Waals surface area contributed by atoms with Gasteiger partial charge in [-0.05, 0) is 24.3 Å². The van der Waals surface area contributed by atoms with Crippen molar-refractivity contribution in [2.24, 2.45) is 7.05 Å². The predicted molar refractivity (Wildman–Crippen MR) is 70.9 cm³/mol. The molecule has 0 radical (unpaired) electrons. The van der Waals surface area contributed by atoms with Gasteiger partial charge in [-0.2, -0.15) is 0 Å². The van der Waals surface area contributed by atoms with Gasteiger partial charge in [0.15, 0.2) is 5.43 Å². The number of benzene rings is 1. The molecule has 18 heavy (non-hydrogen) atoms. The molecule has 1 aromatic heterocycles. The number of fused-ring (bicyclic) bond motifs is 1. The Hall–Kier alpha value is -2.07. The molecule has 92 valence electrons. The molecule has 0 spiro atoms. The molecule has 0 aliphatic rings. The Bertz CT molecular complexity index is 716. The third-order valence-electron chi connectivity index (χ3n) is 2.58. The summed E-state index contributed by atoms with van der Waals surface area (Å²) in [6.45, 7) is 0. The van der Waals surface area contributed by atoms with Gasteiger partial charge in [0.1, 0.15) is 0 Å². The van der Waals surface area contributed by atoms with Crippen molar-refractivity contribution in [3.8, 4) is 0 Å². The first-order valence-corrected chi connectivity index (χ1v) is 5.57. The molecule has 5 heteroatoms. The zero-order valence-corrected chi connectivity index (χ0v) is 10.3. The minimum atomic E-state index is -1.09. The van der Waals surface area contributed by atoms with Crippen molar-refractivity contribution in [2.45, 2.75) is 0 Å². The van der Waals surface area contributed by atoms with E-state index in [1.807, 2.05) is 0 Å². The van der Waals surface area contributed by atoms with E-state index < -0.39 is 5.97 Å². The number of carboxylic acid groups (broad SMARTS) is 1. The molecular weight excluding hydrogens is 254 g/mol. The average Bonchev–Trinajstić information content (AvgIpc) is 2.31. The Kier molecular flexibility index (Phi) is 3.21. The highest BCUT2D eigenvalue weighted by molar-refractivity contribution is 6.31. The summed E-state index contributed by atoms with van der Waals surface area (Å²) in [6.07, 6.45) is 3.82. The van der Waals surface area contributed by atoms with Crippen molar-refractivity contribution in [3.05, 3.63) is 51.3 Å². The van der Waals surface area contributed by atoms with Gasteiger partial charge in [-0.15, -0.1) is 0 Å². The number of aryl methyl sites for hydroxylation is 1. The number of nitrogens with zero attached hydrogens (tertiary/aromatic N) is 1. The van der Waals surface area contributed by atoms with Gasteiger partial charge in [0.2, 0.25) is 0 Å². The highest BCUT2D eigenvalue weighted by atomic mass is 35.5. The third kappa shape index (κ3) is 2.28. The molecule has 2 rings (SSSR count). The zero-order valence-electron chi connectivity index (χ0n) is 9.55. The van der Waals surface area contributed by atoms with E-state index in [0.29, 0.717) is 16.0 Å². The minimum Gasteiger partial charge on any atom is -0.478 e. The minimum absolute atomic E-state index is 0.233. The summed E-state index contributed by atoms with van der Waals surface area (Å²) in [5, 5.41) is 9.52. The highest BCUT2D eigenvalue weighted by Crippen LogP contribution is 2.17. The highest BCUT2D eigenvalue weighted by Gasteiger charge is 2.06. The van der Waals surface area contributed by atoms with E-state index in [-0.39, 0.29) is 5.43 Å². The maximum absolute atomic E-state index is 12.1. The van der Waals surface area contributed by atoms with E-state index in [9.17, 15) is 9.59 Å². The molecule has 1 N–H and O–H groups in total. The number of carboxylic acids is 1. The summed E-state index contributed by atoms with van der Waals surface area (Å²) in [5.74, 6) is -1.09. The number of rotatable bonds is 2. The molecule has 0 saturated heterocycles. The summed E-state index contributed by atoms with van der Waals surface area (Å²) in [6, 6.07) is 5.04. The molecule has 1 heterocycles. The maximum atomic E-state index is 12.1. The van der Waals surface area contributed by atoms with E-state index >= 15 is 0 Å². The Balaban J connectivity index is 2.75. The summed E-state index contributed by atoms with van der Waals surface area (Å²) >= 11 is 5.86. The summed E-state index contributed by atoms with van der Waals surface area (Å²) in [4.78, 5) is 22.6. The van der Waals surface area contributed by atoms with Crippen molar-refractivity contribution in [3.63, 3.8) is 0 Å². The van der Waals surface area contributed by atoms with Crippen LogP contribution >= 0.6 is 11.6 Å². The lowest BCUT2D eigenvalue weighted by atomic mass is 10.1. The van der Waals surface area contributed by atoms with Crippen molar-refractivity contribution >= 4 is 34.5 Å². The standard InChI is InChI=1S/C13H10ClNO3/c1-15-7-8(2-5-12(16)17)13(18)10-6-9(14)3-4-11(10)15/h2-7H,1H3,(H,16,17). The van der Waals surface area contributed by atoms with E-state index in [0.717, 1.165) is 11.6 Å². The second-order valence-corrected chi connectivity index (χ2v) is 4.29. The van der Waals surface area contributed by atoms with E-state index in [2.05, 4.69) is 0 Å². The number of carbonyl (C=O) groups is 1. The fourth-order valence-corrected chi connectivity index (χ4v) is 1.94. The largest absolute Gasteiger partial charge is 0.478 e. The van der Waals surface area contributed by atoms with Gasteiger partial charge in [0, 0.05) is 35.3 Å². The lowest BCUT2D eigenvalue weighted by molar-refractivity contribution is -0.131. The second kappa shape index (κ2) is 4.66. The molecule has 0 atom stereocenters. The lowest BCUT2D eigenvalue weighted by Gasteiger charge is -2.07. The van der Waals surface area contributed by atoms with Crippen LogP contribution in [0.3, 0.4) is 0 Å². The van der Waals surface area contributed by atoms with Gasteiger partial charge >= 0.3 is 5.97 Å². The fourth-order valence-electron chi connectivity index (χ4n) is 1.77. The van der Waals surface area contributed by atoms with Crippen LogP contribution in [0, 0.1) is 0 Å². The number of aliphatic carboxylic acids is 1. The Morgan fingerprint density at radius 2 is 2.17 bits per heavy atom. The number of aromatic nitrogens is 1. The van der Waals surface area contributed by atoms with Crippen LogP contribution in [0.1, 0.15) is 5.56 Å². The lowest BCUT2D eigenvalue weighted by Crippen LogP contribution is -2.10. The normalized spacial score (nSPS) is 11.2. The quantitative estimate of drug-likeness (QED) is 0.846. The summed E-state index contributed by atoms with van der Waals surface area (Å²) < 4.78 is 1.76. The van der Waals surface area contributed by atoms with Gasteiger partial charge in [-0.25, -0.2) is 4.79 Å². The smallest absolute Gasteiger partial charge is 0.328 e. The van der Waals surface area contributed by atoms with Crippen molar-refractivity contribution < 1.29 is 9.90 Å². The molecule has 4 nitrogen and oxygen atoms in total. The molecular formula is C13H10ClNO3. The first kappa shape index (κ1) is 12.4. The van der Waals surface area contributed by atoms with Crippen LogP contribution in [0.5, 0.6) is 0 Å². The molecule has 0 amide bonds. The Morgan fingerprint density at radius 3 is 2.83 bits per heavy atom. The Labute approximate surface area is 108 Å². The number of hydrogen-bond donors (Lipinski definition) is 1. The monoisotopic (exact) mass is 263 g/mol. The van der Waals surface area contributed by atoms with E-state index in [4.69, 9.17) is 16.7 Å². The van der Waals surface area contributed by atoms with Gasteiger partial charge in [0.05, 0.1) is 5.52 Å². The number of pyridine rings is 1. The van der Waals surface area contributed by atoms with Crippen LogP contribution < -0.4 is 5.43 Å². The molecule has 2 aromatic rings. The predicted octanol–water partition coefficient (Wildman–Crippen LogP) is 2.29. The van der Waals surface area contributed by atoms with Crippen LogP contribution in [0.15, 0.2) is 35.3 Å². The zero-order chi connectivity index (χ0) is 13.3. The molecule has 0 aliphatic heterocycles. The fraction of sp³-hybridized carbons (Fsp3) is 0.0769. The summed E-state index contributed by atoms with van der Waals surface area (Å²) in [5.41, 5.74) is 0.828. The number of hydrogen-bond acceptors (Lipinski definition) is 2. The SMILES string of the molecule is Cn1cc(C=CC(=O)O)c(=O)c2cc(Cl)ccc21. The van der Waals surface area contributed by atoms with Crippen LogP contribution in [0.25, 0.3) is 17.0 Å². The van der Waals surface area contributed by atoms with Gasteiger partial charge in [0.25, 0.3) is 0 Å². The number of halogens is 1. The topological polar surface area (TPSA) is 59.3 Å². The van der Waals surface area contributed by atoms with Gasteiger partial charge in [-0.1, -0.05) is 11.6 Å². The maximum Gasteiger partial charge on any atom is 0.328 e. The molecule has 0 saturated carbocycles. The first-order valence-electron chi connectivity index (χ1n) is 5.19. The van der Waals surface area contributed by atoms with E-state index in [1.54, 1.807) is 36.0 Å². The molecule has 0 aliphatic carbocycles. The van der Waals surface area contributed by atoms with E-state index in [1.165, 1.54) is 6.08 Å². The first-order chi connectivity index (χ1) is 8.49. The van der Waals surface area contributed by atoms with Gasteiger partial charge < -0.3 is 9.67 Å². The van der Waals surface area contributed by atoms with Crippen LogP contribution in [-0.4, -0.2) is 15.6 Å². The molecule has 0 bridgehead atoms. The molecule has 0 fully saturated rings. The summed E-state index contributed by atoms with van der Waals surface area (Å²) in [7, 11) is 1.79. The van der Waals surface area contributed by atoms with Crippen molar-refractivity contribution in [1.82, 2.24) is 4.57 Å². The second-order valence-electron chi connectivity index (χ2n) is 3.86. The van der Waals surface area contributed by atoms with Gasteiger partial charge in [-0.3, -0.25) is 4.79 Å². The average molecular weight is 264 g/mol. The van der Waals surface area contributed by atoms with Crippen LogP contribution in [0.4, 0.5) is 0 Å². The van der Waals surface area contributed by atoms with Crippen LogP contribution in [-0.2, 0) is 11.8 Å². The molecule has 1 aromatic carbocycles. The van der Waals surface area contributed by atoms with Crippen molar-refractivity contribution in [2.75, 3.05) is 0 Å².